The lowest BCUT2D eigenvalue weighted by atomic mass is 10.0. The number of rotatable bonds is 3. The minimum absolute atomic E-state index is 0.610. The largest absolute Gasteiger partial charge is 0.296 e. The van der Waals surface area contributed by atoms with Crippen LogP contribution in [0.5, 0.6) is 0 Å². The fourth-order valence-electron chi connectivity index (χ4n) is 3.18. The van der Waals surface area contributed by atoms with Crippen LogP contribution in [0.4, 0.5) is 0 Å². The van der Waals surface area contributed by atoms with Crippen molar-refractivity contribution in [3.8, 4) is 22.5 Å². The van der Waals surface area contributed by atoms with Crippen molar-refractivity contribution in [2.45, 2.75) is 20.8 Å². The van der Waals surface area contributed by atoms with E-state index in [0.717, 1.165) is 38.6 Å². The smallest absolute Gasteiger partial charge is 0.195 e. The fraction of sp³-hybridized carbons (Fsp3) is 0.143. The molecule has 0 N–H and O–H groups in total. The van der Waals surface area contributed by atoms with Crippen LogP contribution in [0.25, 0.3) is 27.5 Å². The molecule has 0 bridgehead atoms. The fourth-order valence-corrected chi connectivity index (χ4v) is 4.17. The van der Waals surface area contributed by atoms with Crippen LogP contribution in [0.2, 0.25) is 0 Å². The summed E-state index contributed by atoms with van der Waals surface area (Å²) >= 11 is 1.62. The molecule has 25 heavy (non-hydrogen) atoms. The van der Waals surface area contributed by atoms with Gasteiger partial charge in [0.2, 0.25) is 0 Å². The van der Waals surface area contributed by atoms with E-state index in [4.69, 9.17) is 4.98 Å². The number of aryl methyl sites for hydroxylation is 3. The molecule has 0 unspecified atom stereocenters. The van der Waals surface area contributed by atoms with E-state index in [9.17, 15) is 4.79 Å². The van der Waals surface area contributed by atoms with Crippen molar-refractivity contribution in [3.63, 3.8) is 0 Å². The highest BCUT2D eigenvalue weighted by atomic mass is 32.1. The highest BCUT2D eigenvalue weighted by Gasteiger charge is 2.20. The van der Waals surface area contributed by atoms with Gasteiger partial charge in [0.05, 0.1) is 5.69 Å². The second kappa shape index (κ2) is 5.97. The van der Waals surface area contributed by atoms with Gasteiger partial charge in [-0.25, -0.2) is 4.98 Å². The van der Waals surface area contributed by atoms with Gasteiger partial charge < -0.3 is 0 Å². The zero-order valence-corrected chi connectivity index (χ0v) is 15.2. The van der Waals surface area contributed by atoms with E-state index in [2.05, 4.69) is 39.0 Å². The third-order valence-electron chi connectivity index (χ3n) is 4.62. The van der Waals surface area contributed by atoms with E-state index in [1.807, 2.05) is 34.7 Å². The Labute approximate surface area is 150 Å². The molecule has 2 aromatic heterocycles. The number of carbonyl (C=O) groups is 1. The molecule has 2 aromatic carbocycles. The number of nitrogens with zero attached hydrogens (tertiary/aromatic N) is 2. The third-order valence-corrected chi connectivity index (χ3v) is 5.58. The molecule has 124 valence electrons. The van der Waals surface area contributed by atoms with Gasteiger partial charge in [-0.15, -0.1) is 11.3 Å². The van der Waals surface area contributed by atoms with Gasteiger partial charge in [-0.1, -0.05) is 42.5 Å². The number of carbonyl (C=O) groups excluding carboxylic acids is 1. The quantitative estimate of drug-likeness (QED) is 0.461. The average Bonchev–Trinajstić information content (AvgIpc) is 3.12. The molecule has 0 aliphatic carbocycles. The minimum atomic E-state index is 0.610. The molecule has 0 spiro atoms. The van der Waals surface area contributed by atoms with Crippen molar-refractivity contribution < 1.29 is 4.79 Å². The summed E-state index contributed by atoms with van der Waals surface area (Å²) in [5, 5.41) is 0. The molecule has 4 rings (SSSR count). The second-order valence-electron chi connectivity index (χ2n) is 6.25. The van der Waals surface area contributed by atoms with Crippen LogP contribution >= 0.6 is 11.3 Å². The molecule has 0 atom stereocenters. The van der Waals surface area contributed by atoms with Gasteiger partial charge in [-0.3, -0.25) is 9.20 Å². The molecular formula is C21H18N2OS. The van der Waals surface area contributed by atoms with E-state index in [0.29, 0.717) is 5.69 Å². The Morgan fingerprint density at radius 1 is 0.960 bits per heavy atom. The zero-order chi connectivity index (χ0) is 17.6. The van der Waals surface area contributed by atoms with E-state index < -0.39 is 0 Å². The van der Waals surface area contributed by atoms with Crippen LogP contribution in [0.1, 0.15) is 26.5 Å². The molecule has 2 heterocycles. The Bertz CT molecular complexity index is 1090. The third kappa shape index (κ3) is 2.50. The first-order valence-corrected chi connectivity index (χ1v) is 9.02. The number of aromatic nitrogens is 2. The van der Waals surface area contributed by atoms with Crippen molar-refractivity contribution in [1.82, 2.24) is 9.38 Å². The maximum Gasteiger partial charge on any atom is 0.195 e. The number of hydrogen-bond acceptors (Lipinski definition) is 3. The summed E-state index contributed by atoms with van der Waals surface area (Å²) in [6.45, 7) is 6.30. The Hall–Kier alpha value is -2.72. The predicted octanol–water partition coefficient (Wildman–Crippen LogP) is 5.47. The topological polar surface area (TPSA) is 34.4 Å². The Morgan fingerprint density at radius 2 is 1.72 bits per heavy atom. The summed E-state index contributed by atoms with van der Waals surface area (Å²) < 4.78 is 2.00. The predicted molar refractivity (Wildman–Crippen MR) is 104 cm³/mol. The van der Waals surface area contributed by atoms with Crippen LogP contribution in [0, 0.1) is 20.8 Å². The first kappa shape index (κ1) is 15.8. The summed E-state index contributed by atoms with van der Waals surface area (Å²) in [5.74, 6) is 0. The zero-order valence-electron chi connectivity index (χ0n) is 14.4. The number of benzene rings is 2. The minimum Gasteiger partial charge on any atom is -0.296 e. The van der Waals surface area contributed by atoms with Gasteiger partial charge in [0.15, 0.2) is 11.2 Å². The molecule has 4 heteroatoms. The van der Waals surface area contributed by atoms with Crippen LogP contribution in [0.15, 0.2) is 48.5 Å². The van der Waals surface area contributed by atoms with E-state index in [-0.39, 0.29) is 0 Å². The normalized spacial score (nSPS) is 11.2. The lowest BCUT2D eigenvalue weighted by Crippen LogP contribution is -1.96. The van der Waals surface area contributed by atoms with E-state index >= 15 is 0 Å². The van der Waals surface area contributed by atoms with Gasteiger partial charge in [0.1, 0.15) is 11.4 Å². The summed E-state index contributed by atoms with van der Waals surface area (Å²) in [6, 6.07) is 16.3. The average molecular weight is 346 g/mol. The molecule has 0 aliphatic heterocycles. The Balaban J connectivity index is 2.02. The maximum atomic E-state index is 11.9. The number of aldehydes is 1. The van der Waals surface area contributed by atoms with Crippen molar-refractivity contribution in [2.75, 3.05) is 0 Å². The van der Waals surface area contributed by atoms with Crippen molar-refractivity contribution in [3.05, 3.63) is 70.2 Å². The number of hydrogen-bond donors (Lipinski definition) is 0. The highest BCUT2D eigenvalue weighted by molar-refractivity contribution is 7.17. The molecule has 0 amide bonds. The monoisotopic (exact) mass is 346 g/mol. The molecular weight excluding hydrogens is 328 g/mol. The molecule has 4 aromatic rings. The lowest BCUT2D eigenvalue weighted by molar-refractivity contribution is 0.111. The van der Waals surface area contributed by atoms with Crippen LogP contribution in [-0.4, -0.2) is 15.7 Å². The van der Waals surface area contributed by atoms with Crippen LogP contribution < -0.4 is 0 Å². The first-order chi connectivity index (χ1) is 12.1. The summed E-state index contributed by atoms with van der Waals surface area (Å²) in [4.78, 5) is 18.7. The molecule has 0 fully saturated rings. The first-order valence-electron chi connectivity index (χ1n) is 8.20. The van der Waals surface area contributed by atoms with Crippen molar-refractivity contribution in [1.29, 1.82) is 0 Å². The van der Waals surface area contributed by atoms with Gasteiger partial charge in [0.25, 0.3) is 0 Å². The molecule has 0 radical (unpaired) electrons. The van der Waals surface area contributed by atoms with E-state index in [1.165, 1.54) is 11.1 Å². The Kier molecular flexibility index (Phi) is 3.77. The molecule has 0 saturated carbocycles. The number of imidazole rings is 1. The SMILES string of the molecule is Cc1ccc(-c2c(C)sc3nc(-c4ccccc4)c(C=O)n23)cc1C. The van der Waals surface area contributed by atoms with Gasteiger partial charge in [-0.2, -0.15) is 0 Å². The number of fused-ring (bicyclic) bond motifs is 1. The number of thiazole rings is 1. The van der Waals surface area contributed by atoms with E-state index in [1.54, 1.807) is 11.3 Å². The van der Waals surface area contributed by atoms with Gasteiger partial charge in [-0.05, 0) is 43.5 Å². The van der Waals surface area contributed by atoms with Crippen molar-refractivity contribution in [2.24, 2.45) is 0 Å². The maximum absolute atomic E-state index is 11.9. The lowest BCUT2D eigenvalue weighted by Gasteiger charge is -2.07. The van der Waals surface area contributed by atoms with Crippen LogP contribution in [0.3, 0.4) is 0 Å². The van der Waals surface area contributed by atoms with Gasteiger partial charge >= 0.3 is 0 Å². The molecule has 0 saturated heterocycles. The Morgan fingerprint density at radius 3 is 2.40 bits per heavy atom. The molecule has 3 nitrogen and oxygen atoms in total. The highest BCUT2D eigenvalue weighted by Crippen LogP contribution is 2.36. The summed E-state index contributed by atoms with van der Waals surface area (Å²) in [5.41, 5.74) is 6.99. The molecule has 0 aliphatic rings. The second-order valence-corrected chi connectivity index (χ2v) is 7.44. The van der Waals surface area contributed by atoms with Crippen LogP contribution in [-0.2, 0) is 0 Å². The van der Waals surface area contributed by atoms with Gasteiger partial charge in [0, 0.05) is 10.4 Å². The van der Waals surface area contributed by atoms with Crippen molar-refractivity contribution >= 4 is 22.6 Å². The summed E-state index contributed by atoms with van der Waals surface area (Å²) in [6.07, 6.45) is 0.916. The summed E-state index contributed by atoms with van der Waals surface area (Å²) in [7, 11) is 0. The standard InChI is InChI=1S/C21H18N2OS/c1-13-9-10-17(11-14(13)2)20-15(3)25-21-22-19(18(12-24)23(20)21)16-7-5-4-6-8-16/h4-12H,1-3H3.